The van der Waals surface area contributed by atoms with Crippen molar-refractivity contribution in [3.05, 3.63) is 130 Å². The molecular formula is C35H27ClFN3O6S2. The van der Waals surface area contributed by atoms with Gasteiger partial charge in [-0.3, -0.25) is 14.5 Å². The summed E-state index contributed by atoms with van der Waals surface area (Å²) in [5.41, 5.74) is 1.98. The van der Waals surface area contributed by atoms with Gasteiger partial charge in [0.25, 0.3) is 5.78 Å². The van der Waals surface area contributed by atoms with Gasteiger partial charge in [0.15, 0.2) is 27.4 Å². The van der Waals surface area contributed by atoms with E-state index in [1.54, 1.807) is 24.3 Å². The highest BCUT2D eigenvalue weighted by atomic mass is 35.5. The molecule has 1 atom stereocenters. The maximum Gasteiger partial charge on any atom is 0.301 e. The molecule has 1 unspecified atom stereocenters. The molecule has 0 saturated carbocycles. The number of carbonyl (C=O) groups is 2. The van der Waals surface area contributed by atoms with Gasteiger partial charge in [-0.2, -0.15) is 0 Å². The number of thioether (sulfide) groups is 1. The Morgan fingerprint density at radius 2 is 1.67 bits per heavy atom. The van der Waals surface area contributed by atoms with E-state index < -0.39 is 29.3 Å². The maximum atomic E-state index is 14.7. The number of benzene rings is 4. The molecule has 4 aromatic carbocycles. The standard InChI is InChI=1S/C35H27ClFN3O6S2/c1-44-26-14-13-22(16-25(26)37)31(41)29-30(21-12-15-27(28(17-21)45-2)46-18-20-8-4-3-5-9-20)40(33(43)32(29)42)34-38-39-35(48-34)47-19-23-10-6-7-11-24(23)36/h3-17,30,41H,18-19H2,1-2H3/b31-29+. The zero-order valence-electron chi connectivity index (χ0n) is 25.6. The summed E-state index contributed by atoms with van der Waals surface area (Å²) in [5.74, 6) is -2.01. The van der Waals surface area contributed by atoms with Gasteiger partial charge in [-0.25, -0.2) is 4.39 Å². The molecule has 48 heavy (non-hydrogen) atoms. The summed E-state index contributed by atoms with van der Waals surface area (Å²) >= 11 is 8.80. The number of rotatable bonds is 11. The zero-order valence-corrected chi connectivity index (χ0v) is 27.9. The fourth-order valence-electron chi connectivity index (χ4n) is 5.14. The van der Waals surface area contributed by atoms with Crippen LogP contribution in [0.15, 0.2) is 101 Å². The molecule has 244 valence electrons. The fourth-order valence-corrected chi connectivity index (χ4v) is 7.29. The molecule has 1 aliphatic heterocycles. The number of aromatic nitrogens is 2. The lowest BCUT2D eigenvalue weighted by molar-refractivity contribution is -0.132. The molecule has 1 aromatic heterocycles. The van der Waals surface area contributed by atoms with Crippen LogP contribution < -0.4 is 19.1 Å². The number of hydrogen-bond acceptors (Lipinski definition) is 10. The number of Topliss-reactive ketones (excluding diaryl/α,β-unsaturated/α-hetero) is 1. The molecule has 5 aromatic rings. The lowest BCUT2D eigenvalue weighted by atomic mass is 9.95. The highest BCUT2D eigenvalue weighted by molar-refractivity contribution is 8.00. The van der Waals surface area contributed by atoms with Crippen LogP contribution >= 0.6 is 34.7 Å². The summed E-state index contributed by atoms with van der Waals surface area (Å²) in [6.45, 7) is 0.275. The van der Waals surface area contributed by atoms with Crippen molar-refractivity contribution in [3.8, 4) is 17.2 Å². The highest BCUT2D eigenvalue weighted by Crippen LogP contribution is 2.46. The van der Waals surface area contributed by atoms with Crippen LogP contribution in [0.5, 0.6) is 17.2 Å². The molecular weight excluding hydrogens is 677 g/mol. The minimum absolute atomic E-state index is 0.0145. The van der Waals surface area contributed by atoms with E-state index in [1.165, 1.54) is 43.0 Å². The lowest BCUT2D eigenvalue weighted by Crippen LogP contribution is -2.29. The van der Waals surface area contributed by atoms with E-state index in [-0.39, 0.29) is 28.6 Å². The number of ether oxygens (including phenoxy) is 3. The van der Waals surface area contributed by atoms with Crippen molar-refractivity contribution < 1.29 is 33.3 Å². The molecule has 2 heterocycles. The van der Waals surface area contributed by atoms with Gasteiger partial charge >= 0.3 is 5.91 Å². The number of halogens is 2. The van der Waals surface area contributed by atoms with E-state index in [0.717, 1.165) is 28.5 Å². The zero-order chi connectivity index (χ0) is 33.8. The average molecular weight is 704 g/mol. The summed E-state index contributed by atoms with van der Waals surface area (Å²) in [5, 5.41) is 20.7. The van der Waals surface area contributed by atoms with Crippen molar-refractivity contribution in [2.45, 2.75) is 22.7 Å². The third kappa shape index (κ3) is 6.73. The summed E-state index contributed by atoms with van der Waals surface area (Å²) in [6, 6.07) is 24.6. The summed E-state index contributed by atoms with van der Waals surface area (Å²) in [4.78, 5) is 28.6. The Morgan fingerprint density at radius 1 is 0.938 bits per heavy atom. The number of amides is 1. The van der Waals surface area contributed by atoms with Crippen LogP contribution in [0.25, 0.3) is 5.76 Å². The minimum Gasteiger partial charge on any atom is -0.507 e. The molecule has 13 heteroatoms. The van der Waals surface area contributed by atoms with Crippen LogP contribution in [0.2, 0.25) is 5.02 Å². The monoisotopic (exact) mass is 703 g/mol. The fraction of sp³-hybridized carbons (Fsp3) is 0.143. The van der Waals surface area contributed by atoms with Crippen LogP contribution in [0.1, 0.15) is 28.3 Å². The van der Waals surface area contributed by atoms with E-state index >= 15 is 0 Å². The molecule has 1 fully saturated rings. The predicted octanol–water partition coefficient (Wildman–Crippen LogP) is 7.85. The molecule has 0 spiro atoms. The molecule has 1 amide bonds. The first-order valence-electron chi connectivity index (χ1n) is 14.5. The van der Waals surface area contributed by atoms with Crippen LogP contribution in [0.3, 0.4) is 0 Å². The van der Waals surface area contributed by atoms with Gasteiger partial charge in [-0.1, -0.05) is 89.3 Å². The Bertz CT molecular complexity index is 2020. The number of aliphatic hydroxyl groups is 1. The van der Waals surface area contributed by atoms with E-state index in [9.17, 15) is 19.1 Å². The maximum absolute atomic E-state index is 14.7. The first-order valence-corrected chi connectivity index (χ1v) is 16.7. The molecule has 1 aliphatic rings. The van der Waals surface area contributed by atoms with E-state index in [2.05, 4.69) is 10.2 Å². The Hall–Kier alpha value is -4.91. The Morgan fingerprint density at radius 3 is 2.40 bits per heavy atom. The molecule has 1 N–H and O–H groups in total. The van der Waals surface area contributed by atoms with Gasteiger partial charge in [-0.05, 0) is 53.1 Å². The molecule has 0 aliphatic carbocycles. The van der Waals surface area contributed by atoms with Gasteiger partial charge in [0.2, 0.25) is 5.13 Å². The van der Waals surface area contributed by atoms with Crippen molar-refractivity contribution in [3.63, 3.8) is 0 Å². The van der Waals surface area contributed by atoms with Crippen molar-refractivity contribution in [2.75, 3.05) is 19.1 Å². The lowest BCUT2D eigenvalue weighted by Gasteiger charge is -2.23. The van der Waals surface area contributed by atoms with E-state index in [4.69, 9.17) is 25.8 Å². The van der Waals surface area contributed by atoms with Crippen molar-refractivity contribution in [2.24, 2.45) is 0 Å². The number of ketones is 1. The molecule has 9 nitrogen and oxygen atoms in total. The average Bonchev–Trinajstić information content (AvgIpc) is 3.68. The van der Waals surface area contributed by atoms with Gasteiger partial charge < -0.3 is 19.3 Å². The molecule has 6 rings (SSSR count). The van der Waals surface area contributed by atoms with Gasteiger partial charge in [-0.15, -0.1) is 10.2 Å². The van der Waals surface area contributed by atoms with Crippen molar-refractivity contribution in [1.82, 2.24) is 10.2 Å². The van der Waals surface area contributed by atoms with Crippen LogP contribution in [0, 0.1) is 5.82 Å². The topological polar surface area (TPSA) is 111 Å². The number of carbonyl (C=O) groups excluding carboxylic acids is 2. The Labute approximate surface area is 288 Å². The van der Waals surface area contributed by atoms with Gasteiger partial charge in [0.05, 0.1) is 25.8 Å². The summed E-state index contributed by atoms with van der Waals surface area (Å²) in [6.07, 6.45) is 0. The number of anilines is 1. The Balaban J connectivity index is 1.40. The third-order valence-corrected chi connectivity index (χ3v) is 9.99. The molecule has 0 radical (unpaired) electrons. The normalized spacial score (nSPS) is 15.5. The first-order chi connectivity index (χ1) is 23.3. The SMILES string of the molecule is COc1ccc(/C(O)=C2\C(=O)C(=O)N(c3nnc(SCc4ccccc4Cl)s3)C2c2ccc(OCc3ccccc3)c(OC)c2)cc1F. The van der Waals surface area contributed by atoms with Crippen LogP contribution in [-0.2, 0) is 21.9 Å². The van der Waals surface area contributed by atoms with Crippen molar-refractivity contribution in [1.29, 1.82) is 0 Å². The van der Waals surface area contributed by atoms with E-state index in [0.29, 0.717) is 32.2 Å². The van der Waals surface area contributed by atoms with Gasteiger partial charge in [0.1, 0.15) is 12.4 Å². The number of aliphatic hydroxyl groups excluding tert-OH is 1. The van der Waals surface area contributed by atoms with Gasteiger partial charge in [0, 0.05) is 16.3 Å². The number of hydrogen-bond donors (Lipinski definition) is 1. The van der Waals surface area contributed by atoms with E-state index in [1.807, 2.05) is 48.5 Å². The van der Waals surface area contributed by atoms with Crippen LogP contribution in [-0.4, -0.2) is 41.2 Å². The second-order valence-electron chi connectivity index (χ2n) is 10.4. The smallest absolute Gasteiger partial charge is 0.301 e. The first kappa shape index (κ1) is 33.0. The van der Waals surface area contributed by atoms with Crippen LogP contribution in [0.4, 0.5) is 9.52 Å². The largest absolute Gasteiger partial charge is 0.507 e. The summed E-state index contributed by atoms with van der Waals surface area (Å²) < 4.78 is 31.9. The summed E-state index contributed by atoms with van der Waals surface area (Å²) in [7, 11) is 2.78. The Kier molecular flexibility index (Phi) is 9.95. The quantitative estimate of drug-likeness (QED) is 0.0484. The van der Waals surface area contributed by atoms with Crippen molar-refractivity contribution >= 4 is 57.3 Å². The highest BCUT2D eigenvalue weighted by Gasteiger charge is 2.48. The molecule has 0 bridgehead atoms. The predicted molar refractivity (Wildman–Crippen MR) is 182 cm³/mol. The second-order valence-corrected chi connectivity index (χ2v) is 13.0. The third-order valence-electron chi connectivity index (χ3n) is 7.52. The second kappa shape index (κ2) is 14.5. The molecule has 1 saturated heterocycles. The number of methoxy groups -OCH3 is 2. The number of nitrogens with zero attached hydrogens (tertiary/aromatic N) is 3. The minimum atomic E-state index is -1.17.